The van der Waals surface area contributed by atoms with Crippen LogP contribution < -0.4 is 10.6 Å². The number of methoxy groups -OCH3 is 1. The minimum Gasteiger partial charge on any atom is -0.383 e. The molecule has 0 radical (unpaired) electrons. The Bertz CT molecular complexity index is 318. The molecule has 1 atom stereocenters. The Morgan fingerprint density at radius 2 is 2.19 bits per heavy atom. The molecule has 1 amide bonds. The van der Waals surface area contributed by atoms with Gasteiger partial charge < -0.3 is 15.4 Å². The van der Waals surface area contributed by atoms with Crippen molar-refractivity contribution < 1.29 is 9.53 Å². The van der Waals surface area contributed by atoms with Crippen LogP contribution in [0.15, 0.2) is 18.5 Å². The molecular weight excluding hydrogens is 208 g/mol. The van der Waals surface area contributed by atoms with E-state index < -0.39 is 0 Å². The summed E-state index contributed by atoms with van der Waals surface area (Å²) < 4.78 is 4.83. The normalized spacial score (nSPS) is 11.9. The van der Waals surface area contributed by atoms with E-state index in [0.29, 0.717) is 19.1 Å². The number of carbonyl (C=O) groups excluding carboxylic acids is 1. The Morgan fingerprint density at radius 3 is 2.81 bits per heavy atom. The van der Waals surface area contributed by atoms with E-state index in [1.54, 1.807) is 32.5 Å². The number of nitrogens with one attached hydrogen (secondary N) is 2. The van der Waals surface area contributed by atoms with Gasteiger partial charge in [-0.15, -0.1) is 0 Å². The van der Waals surface area contributed by atoms with Gasteiger partial charge in [0.25, 0.3) is 0 Å². The maximum absolute atomic E-state index is 11.5. The molecule has 1 aromatic rings. The fraction of sp³-hybridized carbons (Fsp3) is 0.500. The molecule has 0 saturated carbocycles. The zero-order valence-corrected chi connectivity index (χ0v) is 9.43. The average molecular weight is 224 g/mol. The lowest BCUT2D eigenvalue weighted by Crippen LogP contribution is -2.39. The molecule has 1 rings (SSSR count). The van der Waals surface area contributed by atoms with Gasteiger partial charge in [0.1, 0.15) is 6.04 Å². The van der Waals surface area contributed by atoms with Crippen LogP contribution in [0.5, 0.6) is 0 Å². The summed E-state index contributed by atoms with van der Waals surface area (Å²) in [6.07, 6.45) is 3.23. The van der Waals surface area contributed by atoms with Gasteiger partial charge in [-0.3, -0.25) is 4.79 Å². The standard InChI is InChI=1S/C10H16N4O2/c1-8(9(15)11-6-7-16-2)14-10-12-4-3-5-13-10/h3-5,8H,6-7H2,1-2H3,(H,11,15)(H,12,13,14). The second kappa shape index (κ2) is 6.73. The second-order valence-electron chi connectivity index (χ2n) is 3.22. The number of nitrogens with zero attached hydrogens (tertiary/aromatic N) is 2. The number of rotatable bonds is 6. The van der Waals surface area contributed by atoms with Gasteiger partial charge in [-0.05, 0) is 13.0 Å². The van der Waals surface area contributed by atoms with Gasteiger partial charge in [0.2, 0.25) is 11.9 Å². The highest BCUT2D eigenvalue weighted by atomic mass is 16.5. The maximum atomic E-state index is 11.5. The summed E-state index contributed by atoms with van der Waals surface area (Å²) in [4.78, 5) is 19.5. The Balaban J connectivity index is 2.34. The van der Waals surface area contributed by atoms with Gasteiger partial charge in [0, 0.05) is 26.0 Å². The summed E-state index contributed by atoms with van der Waals surface area (Å²) in [6, 6.07) is 1.34. The number of ether oxygens (including phenoxy) is 1. The number of hydrogen-bond acceptors (Lipinski definition) is 5. The number of aromatic nitrogens is 2. The monoisotopic (exact) mass is 224 g/mol. The first-order valence-electron chi connectivity index (χ1n) is 5.04. The quantitative estimate of drug-likeness (QED) is 0.667. The van der Waals surface area contributed by atoms with Crippen molar-refractivity contribution in [2.75, 3.05) is 25.6 Å². The highest BCUT2D eigenvalue weighted by molar-refractivity contribution is 5.83. The zero-order chi connectivity index (χ0) is 11.8. The highest BCUT2D eigenvalue weighted by Gasteiger charge is 2.12. The molecule has 16 heavy (non-hydrogen) atoms. The Labute approximate surface area is 94.4 Å². The van der Waals surface area contributed by atoms with Crippen molar-refractivity contribution in [2.45, 2.75) is 13.0 Å². The zero-order valence-electron chi connectivity index (χ0n) is 9.43. The van der Waals surface area contributed by atoms with Crippen LogP contribution >= 0.6 is 0 Å². The Kier molecular flexibility index (Phi) is 5.21. The first-order valence-corrected chi connectivity index (χ1v) is 5.04. The minimum atomic E-state index is -0.376. The Hall–Kier alpha value is -1.69. The molecule has 2 N–H and O–H groups in total. The molecule has 0 aliphatic rings. The summed E-state index contributed by atoms with van der Waals surface area (Å²) in [7, 11) is 1.59. The molecule has 0 aliphatic heterocycles. The van der Waals surface area contributed by atoms with Crippen LogP contribution in [0.25, 0.3) is 0 Å². The number of amides is 1. The molecule has 0 saturated heterocycles. The highest BCUT2D eigenvalue weighted by Crippen LogP contribution is 1.97. The van der Waals surface area contributed by atoms with E-state index in [0.717, 1.165) is 0 Å². The van der Waals surface area contributed by atoms with Gasteiger partial charge in [0.05, 0.1) is 6.61 Å². The van der Waals surface area contributed by atoms with Crippen molar-refractivity contribution in [3.8, 4) is 0 Å². The smallest absolute Gasteiger partial charge is 0.242 e. The van der Waals surface area contributed by atoms with E-state index in [1.165, 1.54) is 0 Å². The van der Waals surface area contributed by atoms with Crippen molar-refractivity contribution in [1.29, 1.82) is 0 Å². The molecule has 0 spiro atoms. The molecule has 6 nitrogen and oxygen atoms in total. The maximum Gasteiger partial charge on any atom is 0.242 e. The largest absolute Gasteiger partial charge is 0.383 e. The van der Waals surface area contributed by atoms with Crippen molar-refractivity contribution in [2.24, 2.45) is 0 Å². The topological polar surface area (TPSA) is 76.1 Å². The van der Waals surface area contributed by atoms with E-state index in [-0.39, 0.29) is 11.9 Å². The second-order valence-corrected chi connectivity index (χ2v) is 3.22. The van der Waals surface area contributed by atoms with Gasteiger partial charge in [-0.25, -0.2) is 9.97 Å². The summed E-state index contributed by atoms with van der Waals surface area (Å²) in [5, 5.41) is 5.62. The third-order valence-corrected chi connectivity index (χ3v) is 1.91. The van der Waals surface area contributed by atoms with Crippen molar-refractivity contribution in [3.05, 3.63) is 18.5 Å². The van der Waals surface area contributed by atoms with E-state index in [2.05, 4.69) is 20.6 Å². The van der Waals surface area contributed by atoms with Gasteiger partial charge >= 0.3 is 0 Å². The molecule has 0 aromatic carbocycles. The van der Waals surface area contributed by atoms with Crippen LogP contribution in [-0.2, 0) is 9.53 Å². The fourth-order valence-corrected chi connectivity index (χ4v) is 1.06. The molecule has 1 unspecified atom stereocenters. The van der Waals surface area contributed by atoms with Crippen LogP contribution in [0.3, 0.4) is 0 Å². The van der Waals surface area contributed by atoms with Gasteiger partial charge in [-0.2, -0.15) is 0 Å². The lowest BCUT2D eigenvalue weighted by Gasteiger charge is -2.13. The SMILES string of the molecule is COCCNC(=O)C(C)Nc1ncccn1. The number of anilines is 1. The van der Waals surface area contributed by atoms with Gasteiger partial charge in [-0.1, -0.05) is 0 Å². The molecule has 1 heterocycles. The molecule has 0 fully saturated rings. The van der Waals surface area contributed by atoms with E-state index in [4.69, 9.17) is 4.74 Å². The fourth-order valence-electron chi connectivity index (χ4n) is 1.06. The van der Waals surface area contributed by atoms with Crippen molar-refractivity contribution >= 4 is 11.9 Å². The van der Waals surface area contributed by atoms with Crippen LogP contribution in [-0.4, -0.2) is 42.2 Å². The summed E-state index contributed by atoms with van der Waals surface area (Å²) in [5.74, 6) is 0.335. The lowest BCUT2D eigenvalue weighted by molar-refractivity contribution is -0.121. The summed E-state index contributed by atoms with van der Waals surface area (Å²) in [6.45, 7) is 2.75. The molecule has 0 bridgehead atoms. The van der Waals surface area contributed by atoms with Crippen molar-refractivity contribution in [1.82, 2.24) is 15.3 Å². The van der Waals surface area contributed by atoms with E-state index in [1.807, 2.05) is 0 Å². The minimum absolute atomic E-state index is 0.107. The molecule has 6 heteroatoms. The van der Waals surface area contributed by atoms with Crippen LogP contribution in [0, 0.1) is 0 Å². The van der Waals surface area contributed by atoms with E-state index >= 15 is 0 Å². The molecule has 88 valence electrons. The number of hydrogen-bond donors (Lipinski definition) is 2. The van der Waals surface area contributed by atoms with Crippen LogP contribution in [0.4, 0.5) is 5.95 Å². The first-order chi connectivity index (χ1) is 7.74. The molecular formula is C10H16N4O2. The third kappa shape index (κ3) is 4.22. The predicted molar refractivity (Wildman–Crippen MR) is 60.0 cm³/mol. The molecule has 1 aromatic heterocycles. The average Bonchev–Trinajstić information content (AvgIpc) is 2.30. The van der Waals surface area contributed by atoms with Crippen molar-refractivity contribution in [3.63, 3.8) is 0 Å². The number of carbonyl (C=O) groups is 1. The summed E-state index contributed by atoms with van der Waals surface area (Å²) >= 11 is 0. The summed E-state index contributed by atoms with van der Waals surface area (Å²) in [5.41, 5.74) is 0. The van der Waals surface area contributed by atoms with E-state index in [9.17, 15) is 4.79 Å². The van der Waals surface area contributed by atoms with Crippen LogP contribution in [0.1, 0.15) is 6.92 Å². The third-order valence-electron chi connectivity index (χ3n) is 1.91. The van der Waals surface area contributed by atoms with Gasteiger partial charge in [0.15, 0.2) is 0 Å². The lowest BCUT2D eigenvalue weighted by atomic mass is 10.3. The molecule has 0 aliphatic carbocycles. The Morgan fingerprint density at radius 1 is 1.50 bits per heavy atom. The predicted octanol–water partition coefficient (Wildman–Crippen LogP) is 0.0396. The van der Waals surface area contributed by atoms with Crippen LogP contribution in [0.2, 0.25) is 0 Å². The first kappa shape index (κ1) is 12.4.